The second kappa shape index (κ2) is 6.38. The van der Waals surface area contributed by atoms with Crippen molar-refractivity contribution in [1.29, 1.82) is 0 Å². The Bertz CT molecular complexity index is 283. The lowest BCUT2D eigenvalue weighted by atomic mass is 10.1. The number of carbonyl (C=O) groups is 1. The van der Waals surface area contributed by atoms with Gasteiger partial charge in [0.25, 0.3) is 0 Å². The number of hydrogen-bond acceptors (Lipinski definition) is 3. The van der Waals surface area contributed by atoms with E-state index in [4.69, 9.17) is 0 Å². The first-order valence-electron chi connectivity index (χ1n) is 6.02. The van der Waals surface area contributed by atoms with Gasteiger partial charge in [-0.2, -0.15) is 13.2 Å². The molecule has 1 unspecified atom stereocenters. The molecule has 0 aromatic heterocycles. The summed E-state index contributed by atoms with van der Waals surface area (Å²) in [7, 11) is 3.04. The molecule has 1 atom stereocenters. The largest absolute Gasteiger partial charge is 0.406 e. The van der Waals surface area contributed by atoms with Crippen LogP contribution in [0.4, 0.5) is 13.2 Å². The Labute approximate surface area is 105 Å². The van der Waals surface area contributed by atoms with Gasteiger partial charge in [0.05, 0.1) is 6.54 Å². The van der Waals surface area contributed by atoms with Crippen molar-refractivity contribution < 1.29 is 18.0 Å². The summed E-state index contributed by atoms with van der Waals surface area (Å²) < 4.78 is 36.4. The maximum absolute atomic E-state index is 12.1. The molecule has 18 heavy (non-hydrogen) atoms. The minimum absolute atomic E-state index is 0.0603. The summed E-state index contributed by atoms with van der Waals surface area (Å²) in [5.41, 5.74) is 0. The normalized spacial score (nSPS) is 21.9. The molecule has 0 spiro atoms. The molecule has 0 bridgehead atoms. The van der Waals surface area contributed by atoms with Crippen LogP contribution in [-0.4, -0.2) is 68.2 Å². The molecule has 0 radical (unpaired) electrons. The van der Waals surface area contributed by atoms with E-state index < -0.39 is 18.6 Å². The van der Waals surface area contributed by atoms with Gasteiger partial charge >= 0.3 is 6.18 Å². The molecule has 1 fully saturated rings. The molecule has 0 saturated carbocycles. The predicted octanol–water partition coefficient (Wildman–Crippen LogP) is 0.691. The van der Waals surface area contributed by atoms with Crippen molar-refractivity contribution >= 4 is 5.91 Å². The van der Waals surface area contributed by atoms with Gasteiger partial charge in [0.1, 0.15) is 6.54 Å². The SMILES string of the molecule is CNC1CCCN(CC(=O)N(C)CC(F)(F)F)C1. The number of halogens is 3. The molecular weight excluding hydrogens is 247 g/mol. The summed E-state index contributed by atoms with van der Waals surface area (Å²) in [5.74, 6) is -0.482. The summed E-state index contributed by atoms with van der Waals surface area (Å²) in [5, 5.41) is 3.13. The molecule has 1 heterocycles. The molecule has 1 amide bonds. The second-order valence-electron chi connectivity index (χ2n) is 4.73. The van der Waals surface area contributed by atoms with Gasteiger partial charge in [-0.1, -0.05) is 0 Å². The number of carbonyl (C=O) groups excluding carboxylic acids is 1. The van der Waals surface area contributed by atoms with Gasteiger partial charge < -0.3 is 10.2 Å². The number of piperidine rings is 1. The Morgan fingerprint density at radius 2 is 2.17 bits per heavy atom. The lowest BCUT2D eigenvalue weighted by Crippen LogP contribution is -2.49. The molecular formula is C11H20F3N3O. The van der Waals surface area contributed by atoms with E-state index in [1.807, 2.05) is 11.9 Å². The fraction of sp³-hybridized carbons (Fsp3) is 0.909. The maximum Gasteiger partial charge on any atom is 0.406 e. The van der Waals surface area contributed by atoms with Crippen molar-refractivity contribution in [2.75, 3.05) is 40.3 Å². The van der Waals surface area contributed by atoms with E-state index in [2.05, 4.69) is 5.32 Å². The Balaban J connectivity index is 2.39. The van der Waals surface area contributed by atoms with Crippen LogP contribution in [-0.2, 0) is 4.79 Å². The van der Waals surface area contributed by atoms with Gasteiger partial charge in [-0.15, -0.1) is 0 Å². The van der Waals surface area contributed by atoms with Gasteiger partial charge in [-0.05, 0) is 26.4 Å². The van der Waals surface area contributed by atoms with Crippen molar-refractivity contribution in [3.05, 3.63) is 0 Å². The number of nitrogens with zero attached hydrogens (tertiary/aromatic N) is 2. The minimum Gasteiger partial charge on any atom is -0.336 e. The number of amides is 1. The zero-order valence-corrected chi connectivity index (χ0v) is 10.8. The first-order valence-corrected chi connectivity index (χ1v) is 6.02. The van der Waals surface area contributed by atoms with Gasteiger partial charge in [0.15, 0.2) is 0 Å². The molecule has 106 valence electrons. The molecule has 4 nitrogen and oxygen atoms in total. The second-order valence-corrected chi connectivity index (χ2v) is 4.73. The van der Waals surface area contributed by atoms with E-state index in [0.717, 1.165) is 24.3 Å². The van der Waals surface area contributed by atoms with Gasteiger partial charge in [-0.3, -0.25) is 9.69 Å². The van der Waals surface area contributed by atoms with Crippen molar-refractivity contribution in [1.82, 2.24) is 15.1 Å². The zero-order valence-electron chi connectivity index (χ0n) is 10.8. The van der Waals surface area contributed by atoms with Crippen LogP contribution in [0.15, 0.2) is 0 Å². The highest BCUT2D eigenvalue weighted by Gasteiger charge is 2.32. The van der Waals surface area contributed by atoms with E-state index in [1.165, 1.54) is 7.05 Å². The average molecular weight is 267 g/mol. The third kappa shape index (κ3) is 5.22. The summed E-state index contributed by atoms with van der Waals surface area (Å²) in [4.78, 5) is 14.3. The number of likely N-dealkylation sites (tertiary alicyclic amines) is 1. The quantitative estimate of drug-likeness (QED) is 0.814. The van der Waals surface area contributed by atoms with Crippen LogP contribution in [0, 0.1) is 0 Å². The number of hydrogen-bond donors (Lipinski definition) is 1. The summed E-state index contributed by atoms with van der Waals surface area (Å²) in [6.07, 6.45) is -2.33. The van der Waals surface area contributed by atoms with Crippen LogP contribution in [0.5, 0.6) is 0 Å². The Kier molecular flexibility index (Phi) is 5.40. The van der Waals surface area contributed by atoms with Crippen LogP contribution >= 0.6 is 0 Å². The van der Waals surface area contributed by atoms with Crippen LogP contribution < -0.4 is 5.32 Å². The Morgan fingerprint density at radius 3 is 2.72 bits per heavy atom. The van der Waals surface area contributed by atoms with E-state index in [-0.39, 0.29) is 6.54 Å². The van der Waals surface area contributed by atoms with Crippen molar-refractivity contribution in [3.63, 3.8) is 0 Å². The number of alkyl halides is 3. The summed E-state index contributed by atoms with van der Waals surface area (Å²) in [6.45, 7) is 0.353. The van der Waals surface area contributed by atoms with E-state index in [0.29, 0.717) is 12.6 Å². The highest BCUT2D eigenvalue weighted by atomic mass is 19.4. The third-order valence-corrected chi connectivity index (χ3v) is 3.11. The van der Waals surface area contributed by atoms with E-state index in [1.54, 1.807) is 0 Å². The number of nitrogens with one attached hydrogen (secondary N) is 1. The Morgan fingerprint density at radius 1 is 1.50 bits per heavy atom. The van der Waals surface area contributed by atoms with Crippen LogP contribution in [0.3, 0.4) is 0 Å². The predicted molar refractivity (Wildman–Crippen MR) is 62.2 cm³/mol. The smallest absolute Gasteiger partial charge is 0.336 e. The lowest BCUT2D eigenvalue weighted by molar-refractivity contribution is -0.159. The molecule has 1 N–H and O–H groups in total. The van der Waals surface area contributed by atoms with E-state index >= 15 is 0 Å². The molecule has 0 aromatic carbocycles. The molecule has 0 aromatic rings. The van der Waals surface area contributed by atoms with Crippen molar-refractivity contribution in [2.24, 2.45) is 0 Å². The average Bonchev–Trinajstić information content (AvgIpc) is 2.27. The topological polar surface area (TPSA) is 35.6 Å². The molecule has 1 aliphatic heterocycles. The van der Waals surface area contributed by atoms with Gasteiger partial charge in [0.2, 0.25) is 5.91 Å². The first kappa shape index (κ1) is 15.2. The number of rotatable bonds is 4. The van der Waals surface area contributed by atoms with Crippen molar-refractivity contribution in [2.45, 2.75) is 25.1 Å². The third-order valence-electron chi connectivity index (χ3n) is 3.11. The maximum atomic E-state index is 12.1. The molecule has 1 aliphatic rings. The highest BCUT2D eigenvalue weighted by Crippen LogP contribution is 2.16. The molecule has 7 heteroatoms. The zero-order chi connectivity index (χ0) is 13.8. The first-order chi connectivity index (χ1) is 8.31. The van der Waals surface area contributed by atoms with E-state index in [9.17, 15) is 18.0 Å². The fourth-order valence-corrected chi connectivity index (χ4v) is 2.10. The minimum atomic E-state index is -4.33. The summed E-state index contributed by atoms with van der Waals surface area (Å²) in [6, 6.07) is 0.319. The van der Waals surface area contributed by atoms with Crippen LogP contribution in [0.2, 0.25) is 0 Å². The Hall–Kier alpha value is -0.820. The molecule has 1 saturated heterocycles. The van der Waals surface area contributed by atoms with Crippen LogP contribution in [0.1, 0.15) is 12.8 Å². The number of likely N-dealkylation sites (N-methyl/N-ethyl adjacent to an activating group) is 2. The van der Waals surface area contributed by atoms with Gasteiger partial charge in [0, 0.05) is 19.6 Å². The fourth-order valence-electron chi connectivity index (χ4n) is 2.10. The summed E-state index contributed by atoms with van der Waals surface area (Å²) >= 11 is 0. The lowest BCUT2D eigenvalue weighted by Gasteiger charge is -2.33. The molecule has 0 aliphatic carbocycles. The van der Waals surface area contributed by atoms with Gasteiger partial charge in [-0.25, -0.2) is 0 Å². The highest BCUT2D eigenvalue weighted by molar-refractivity contribution is 5.78. The standard InChI is InChI=1S/C11H20F3N3O/c1-15-9-4-3-5-17(6-9)7-10(18)16(2)8-11(12,13)14/h9,15H,3-8H2,1-2H3. The molecule has 1 rings (SSSR count). The van der Waals surface area contributed by atoms with Crippen molar-refractivity contribution in [3.8, 4) is 0 Å². The van der Waals surface area contributed by atoms with Crippen LogP contribution in [0.25, 0.3) is 0 Å². The monoisotopic (exact) mass is 267 g/mol.